The summed E-state index contributed by atoms with van der Waals surface area (Å²) in [6.45, 7) is 2.10. The highest BCUT2D eigenvalue weighted by Crippen LogP contribution is 2.24. The first kappa shape index (κ1) is 22.2. The third-order valence-electron chi connectivity index (χ3n) is 4.59. The number of carbonyl (C=O) groups excluding carboxylic acids is 2. The van der Waals surface area contributed by atoms with E-state index >= 15 is 0 Å². The molecule has 31 heavy (non-hydrogen) atoms. The molecule has 8 heteroatoms. The zero-order valence-corrected chi connectivity index (χ0v) is 18.2. The summed E-state index contributed by atoms with van der Waals surface area (Å²) in [6, 6.07) is 12.9. The van der Waals surface area contributed by atoms with Gasteiger partial charge in [0.2, 0.25) is 5.91 Å². The van der Waals surface area contributed by atoms with Crippen LogP contribution in [0.3, 0.4) is 0 Å². The lowest BCUT2D eigenvalue weighted by Crippen LogP contribution is -2.22. The summed E-state index contributed by atoms with van der Waals surface area (Å²) < 4.78 is 14.6. The lowest BCUT2D eigenvalue weighted by Gasteiger charge is -2.10. The Kier molecular flexibility index (Phi) is 6.87. The second-order valence-corrected chi connectivity index (χ2v) is 7.48. The first-order valence-electron chi connectivity index (χ1n) is 9.54. The Morgan fingerprint density at radius 1 is 1.13 bits per heavy atom. The summed E-state index contributed by atoms with van der Waals surface area (Å²) in [5, 5.41) is 7.48. The highest BCUT2D eigenvalue weighted by Gasteiger charge is 2.13. The van der Waals surface area contributed by atoms with Gasteiger partial charge in [-0.1, -0.05) is 23.7 Å². The van der Waals surface area contributed by atoms with E-state index in [0.717, 1.165) is 5.56 Å². The molecule has 2 amide bonds. The highest BCUT2D eigenvalue weighted by atomic mass is 35.5. The quantitative estimate of drug-likeness (QED) is 0.589. The van der Waals surface area contributed by atoms with Crippen LogP contribution in [0.4, 0.5) is 4.39 Å². The van der Waals surface area contributed by atoms with Crippen LogP contribution in [0.2, 0.25) is 5.15 Å². The monoisotopic (exact) mass is 440 g/mol. The van der Waals surface area contributed by atoms with Gasteiger partial charge in [-0.05, 0) is 55.0 Å². The third-order valence-corrected chi connectivity index (χ3v) is 4.96. The fourth-order valence-electron chi connectivity index (χ4n) is 2.88. The Labute approximate surface area is 184 Å². The molecule has 0 aliphatic carbocycles. The van der Waals surface area contributed by atoms with E-state index in [9.17, 15) is 14.0 Å². The van der Waals surface area contributed by atoms with Crippen molar-refractivity contribution in [1.82, 2.24) is 20.0 Å². The van der Waals surface area contributed by atoms with Crippen molar-refractivity contribution in [2.75, 3.05) is 14.1 Å². The number of benzene rings is 2. The number of hydrogen-bond donors (Lipinski definition) is 1. The first-order valence-corrected chi connectivity index (χ1v) is 9.91. The van der Waals surface area contributed by atoms with Crippen molar-refractivity contribution < 1.29 is 14.0 Å². The van der Waals surface area contributed by atoms with Gasteiger partial charge in [0.25, 0.3) is 5.91 Å². The minimum absolute atomic E-state index is 0.0769. The van der Waals surface area contributed by atoms with E-state index in [1.54, 1.807) is 63.5 Å². The minimum Gasteiger partial charge on any atom is -0.348 e. The van der Waals surface area contributed by atoms with Crippen LogP contribution in [0.1, 0.15) is 27.2 Å². The SMILES string of the molecule is Cc1nn(-c2ccc(F)cc2)c(Cl)c1/C=C/C(=O)NCc1ccc(C(=O)N(C)C)cc1. The lowest BCUT2D eigenvalue weighted by molar-refractivity contribution is -0.116. The minimum atomic E-state index is -0.348. The van der Waals surface area contributed by atoms with E-state index in [1.165, 1.54) is 27.8 Å². The van der Waals surface area contributed by atoms with E-state index in [-0.39, 0.29) is 17.6 Å². The van der Waals surface area contributed by atoms with E-state index in [1.807, 2.05) is 0 Å². The van der Waals surface area contributed by atoms with Crippen molar-refractivity contribution in [3.05, 3.63) is 88.0 Å². The molecular weight excluding hydrogens is 419 g/mol. The molecule has 0 bridgehead atoms. The number of aryl methyl sites for hydroxylation is 1. The van der Waals surface area contributed by atoms with Crippen molar-refractivity contribution >= 4 is 29.5 Å². The molecular formula is C23H22ClFN4O2. The molecule has 2 aromatic carbocycles. The molecule has 0 saturated carbocycles. The van der Waals surface area contributed by atoms with Crippen molar-refractivity contribution in [3.8, 4) is 5.69 Å². The van der Waals surface area contributed by atoms with Gasteiger partial charge in [0.15, 0.2) is 0 Å². The number of rotatable bonds is 6. The van der Waals surface area contributed by atoms with Gasteiger partial charge in [0.05, 0.1) is 11.4 Å². The predicted octanol–water partition coefficient (Wildman–Crippen LogP) is 4.00. The number of halogens is 2. The molecule has 0 aliphatic heterocycles. The summed E-state index contributed by atoms with van der Waals surface area (Å²) in [5.74, 6) is -0.718. The zero-order chi connectivity index (χ0) is 22.5. The molecule has 6 nitrogen and oxygen atoms in total. The third kappa shape index (κ3) is 5.38. The normalized spacial score (nSPS) is 11.0. The number of nitrogens with zero attached hydrogens (tertiary/aromatic N) is 3. The standard InChI is InChI=1S/C23H22ClFN4O2/c1-15-20(22(24)29(27-15)19-10-8-18(25)9-11-19)12-13-21(30)26-14-16-4-6-17(7-5-16)23(31)28(2)3/h4-13H,14H2,1-3H3,(H,26,30)/b13-12+. The van der Waals surface area contributed by atoms with Crippen LogP contribution in [-0.2, 0) is 11.3 Å². The van der Waals surface area contributed by atoms with Gasteiger partial charge in [-0.3, -0.25) is 9.59 Å². The fourth-order valence-corrected chi connectivity index (χ4v) is 3.22. The molecule has 1 aromatic heterocycles. The molecule has 0 unspecified atom stereocenters. The van der Waals surface area contributed by atoms with Crippen LogP contribution in [0.25, 0.3) is 11.8 Å². The summed E-state index contributed by atoms with van der Waals surface area (Å²) in [6.07, 6.45) is 2.98. The Hall–Kier alpha value is -3.45. The summed E-state index contributed by atoms with van der Waals surface area (Å²) in [7, 11) is 3.39. The van der Waals surface area contributed by atoms with E-state index in [2.05, 4.69) is 10.4 Å². The van der Waals surface area contributed by atoms with Gasteiger partial charge in [0, 0.05) is 37.8 Å². The molecule has 0 fully saturated rings. The van der Waals surface area contributed by atoms with Gasteiger partial charge in [-0.15, -0.1) is 0 Å². The molecule has 160 valence electrons. The maximum Gasteiger partial charge on any atom is 0.253 e. The average molecular weight is 441 g/mol. The molecule has 1 heterocycles. The second-order valence-electron chi connectivity index (χ2n) is 7.13. The topological polar surface area (TPSA) is 67.2 Å². The van der Waals surface area contributed by atoms with Crippen LogP contribution in [0.15, 0.2) is 54.6 Å². The van der Waals surface area contributed by atoms with E-state index in [0.29, 0.717) is 34.2 Å². The van der Waals surface area contributed by atoms with Gasteiger partial charge >= 0.3 is 0 Å². The molecule has 0 radical (unpaired) electrons. The van der Waals surface area contributed by atoms with E-state index < -0.39 is 0 Å². The molecule has 3 rings (SSSR count). The smallest absolute Gasteiger partial charge is 0.253 e. The summed E-state index contributed by atoms with van der Waals surface area (Å²) >= 11 is 6.42. The Morgan fingerprint density at radius 3 is 2.39 bits per heavy atom. The van der Waals surface area contributed by atoms with Crippen molar-refractivity contribution in [2.24, 2.45) is 0 Å². The van der Waals surface area contributed by atoms with Crippen LogP contribution in [0.5, 0.6) is 0 Å². The Morgan fingerprint density at radius 2 is 1.77 bits per heavy atom. The Balaban J connectivity index is 1.64. The lowest BCUT2D eigenvalue weighted by atomic mass is 10.1. The summed E-state index contributed by atoms with van der Waals surface area (Å²) in [4.78, 5) is 25.6. The average Bonchev–Trinajstić information content (AvgIpc) is 3.04. The van der Waals surface area contributed by atoms with Gasteiger partial charge in [-0.2, -0.15) is 5.10 Å². The molecule has 1 N–H and O–H groups in total. The fraction of sp³-hybridized carbons (Fsp3) is 0.174. The largest absolute Gasteiger partial charge is 0.348 e. The molecule has 0 spiro atoms. The van der Waals surface area contributed by atoms with E-state index in [4.69, 9.17) is 11.6 Å². The summed E-state index contributed by atoms with van der Waals surface area (Å²) in [5.41, 5.74) is 3.32. The van der Waals surface area contributed by atoms with Gasteiger partial charge in [0.1, 0.15) is 11.0 Å². The number of nitrogens with one attached hydrogen (secondary N) is 1. The maximum atomic E-state index is 13.1. The van der Waals surface area contributed by atoms with Crippen molar-refractivity contribution in [2.45, 2.75) is 13.5 Å². The van der Waals surface area contributed by atoms with Crippen LogP contribution in [-0.4, -0.2) is 40.6 Å². The number of amides is 2. The number of carbonyl (C=O) groups is 2. The van der Waals surface area contributed by atoms with Gasteiger partial charge < -0.3 is 10.2 Å². The molecule has 0 aliphatic rings. The highest BCUT2D eigenvalue weighted by molar-refractivity contribution is 6.31. The molecule has 0 atom stereocenters. The van der Waals surface area contributed by atoms with Crippen LogP contribution < -0.4 is 5.32 Å². The van der Waals surface area contributed by atoms with Crippen LogP contribution in [0, 0.1) is 12.7 Å². The van der Waals surface area contributed by atoms with Crippen molar-refractivity contribution in [1.29, 1.82) is 0 Å². The Bertz CT molecular complexity index is 1120. The van der Waals surface area contributed by atoms with Crippen molar-refractivity contribution in [3.63, 3.8) is 0 Å². The zero-order valence-electron chi connectivity index (χ0n) is 17.4. The number of aromatic nitrogens is 2. The molecule has 3 aromatic rings. The van der Waals surface area contributed by atoms with Crippen LogP contribution >= 0.6 is 11.6 Å². The maximum absolute atomic E-state index is 13.1. The first-order chi connectivity index (χ1) is 14.8. The molecule has 0 saturated heterocycles. The number of hydrogen-bond acceptors (Lipinski definition) is 3. The van der Waals surface area contributed by atoms with Gasteiger partial charge in [-0.25, -0.2) is 9.07 Å². The predicted molar refractivity (Wildman–Crippen MR) is 119 cm³/mol. The second kappa shape index (κ2) is 9.57.